The zero-order valence-corrected chi connectivity index (χ0v) is 12.2. The lowest BCUT2D eigenvalue weighted by molar-refractivity contribution is 0.0938. The van der Waals surface area contributed by atoms with Crippen LogP contribution in [0.4, 0.5) is 0 Å². The Balaban J connectivity index is 1.65. The maximum absolute atomic E-state index is 12.4. The van der Waals surface area contributed by atoms with Crippen molar-refractivity contribution in [1.82, 2.24) is 25.0 Å². The smallest absolute Gasteiger partial charge is 0.268 e. The van der Waals surface area contributed by atoms with Crippen molar-refractivity contribution in [2.75, 3.05) is 13.1 Å². The van der Waals surface area contributed by atoms with E-state index in [1.54, 1.807) is 10.9 Å². The third-order valence-corrected chi connectivity index (χ3v) is 3.93. The van der Waals surface area contributed by atoms with E-state index in [4.69, 9.17) is 0 Å². The number of amides is 1. The zero-order valence-electron chi connectivity index (χ0n) is 12.2. The summed E-state index contributed by atoms with van der Waals surface area (Å²) < 4.78 is 3.85. The maximum Gasteiger partial charge on any atom is 0.268 e. The van der Waals surface area contributed by atoms with Gasteiger partial charge in [0.2, 0.25) is 0 Å². The fourth-order valence-corrected chi connectivity index (χ4v) is 2.83. The van der Waals surface area contributed by atoms with Crippen LogP contribution in [0.25, 0.3) is 0 Å². The Hall–Kier alpha value is -2.08. The molecule has 0 unspecified atom stereocenters. The number of nitrogens with one attached hydrogen (secondary N) is 2. The molecule has 0 saturated carbocycles. The number of piperidine rings is 1. The molecule has 1 amide bonds. The van der Waals surface area contributed by atoms with Gasteiger partial charge in [-0.05, 0) is 38.1 Å². The van der Waals surface area contributed by atoms with Gasteiger partial charge in [-0.25, -0.2) is 0 Å². The van der Waals surface area contributed by atoms with Gasteiger partial charge >= 0.3 is 0 Å². The van der Waals surface area contributed by atoms with Gasteiger partial charge in [0.1, 0.15) is 5.69 Å². The number of aryl methyl sites for hydroxylation is 1. The van der Waals surface area contributed by atoms with Gasteiger partial charge in [-0.3, -0.25) is 9.48 Å². The second kappa shape index (κ2) is 6.13. The van der Waals surface area contributed by atoms with E-state index in [0.717, 1.165) is 37.2 Å². The maximum atomic E-state index is 12.4. The first kappa shape index (κ1) is 13.9. The predicted octanol–water partition coefficient (Wildman–Crippen LogP) is 1.08. The minimum Gasteiger partial charge on any atom is -0.347 e. The van der Waals surface area contributed by atoms with Crippen LogP contribution >= 0.6 is 0 Å². The molecule has 1 saturated heterocycles. The molecule has 3 heterocycles. The third kappa shape index (κ3) is 3.16. The van der Waals surface area contributed by atoms with E-state index in [9.17, 15) is 4.79 Å². The van der Waals surface area contributed by atoms with Gasteiger partial charge in [0.15, 0.2) is 0 Å². The normalized spacial score (nSPS) is 16.0. The van der Waals surface area contributed by atoms with Crippen LogP contribution in [0.5, 0.6) is 0 Å². The molecule has 0 spiro atoms. The lowest BCUT2D eigenvalue weighted by Crippen LogP contribution is -2.32. The van der Waals surface area contributed by atoms with Crippen LogP contribution in [0, 0.1) is 0 Å². The van der Waals surface area contributed by atoms with Crippen molar-refractivity contribution in [3.05, 3.63) is 42.0 Å². The number of rotatable bonds is 4. The molecular formula is C15H21N5O. The summed E-state index contributed by atoms with van der Waals surface area (Å²) in [5.74, 6) is -0.0256. The molecule has 2 aromatic heterocycles. The summed E-state index contributed by atoms with van der Waals surface area (Å²) in [5, 5.41) is 10.4. The Labute approximate surface area is 124 Å². The van der Waals surface area contributed by atoms with Crippen LogP contribution in [0.15, 0.2) is 30.7 Å². The molecule has 6 heteroatoms. The van der Waals surface area contributed by atoms with E-state index in [2.05, 4.69) is 20.3 Å². The highest BCUT2D eigenvalue weighted by molar-refractivity contribution is 5.92. The molecule has 1 aliphatic rings. The minimum atomic E-state index is -0.0256. The number of aromatic nitrogens is 3. The molecule has 1 fully saturated rings. The van der Waals surface area contributed by atoms with Crippen molar-refractivity contribution < 1.29 is 4.79 Å². The average molecular weight is 287 g/mol. The Morgan fingerprint density at radius 1 is 1.48 bits per heavy atom. The predicted molar refractivity (Wildman–Crippen MR) is 80.0 cm³/mol. The highest BCUT2D eigenvalue weighted by Gasteiger charge is 2.19. The monoisotopic (exact) mass is 287 g/mol. The summed E-state index contributed by atoms with van der Waals surface area (Å²) in [6.45, 7) is 2.53. The highest BCUT2D eigenvalue weighted by Crippen LogP contribution is 2.21. The van der Waals surface area contributed by atoms with Crippen LogP contribution in [-0.4, -0.2) is 33.3 Å². The first-order chi connectivity index (χ1) is 10.2. The Morgan fingerprint density at radius 3 is 3.00 bits per heavy atom. The lowest BCUT2D eigenvalue weighted by Gasteiger charge is -2.25. The van der Waals surface area contributed by atoms with Crippen molar-refractivity contribution in [3.63, 3.8) is 0 Å². The number of nitrogens with zero attached hydrogens (tertiary/aromatic N) is 3. The van der Waals surface area contributed by atoms with Crippen LogP contribution in [0.2, 0.25) is 0 Å². The van der Waals surface area contributed by atoms with Crippen molar-refractivity contribution in [2.24, 2.45) is 7.05 Å². The van der Waals surface area contributed by atoms with Gasteiger partial charge in [0, 0.05) is 37.6 Å². The van der Waals surface area contributed by atoms with Crippen molar-refractivity contribution in [1.29, 1.82) is 0 Å². The van der Waals surface area contributed by atoms with Gasteiger partial charge in [-0.2, -0.15) is 5.10 Å². The first-order valence-electron chi connectivity index (χ1n) is 7.37. The van der Waals surface area contributed by atoms with Gasteiger partial charge in [-0.1, -0.05) is 0 Å². The number of carbonyl (C=O) groups excluding carboxylic acids is 1. The van der Waals surface area contributed by atoms with Crippen LogP contribution in [0.1, 0.15) is 34.9 Å². The van der Waals surface area contributed by atoms with Crippen molar-refractivity contribution in [3.8, 4) is 0 Å². The zero-order chi connectivity index (χ0) is 14.7. The standard InChI is InChI=1S/C15H21N5O/c1-19-11-12(10-18-19)9-17-15(21)14-3-2-8-20(14)13-4-6-16-7-5-13/h2-3,8,10-11,13,16H,4-7,9H2,1H3,(H,17,21). The first-order valence-corrected chi connectivity index (χ1v) is 7.37. The highest BCUT2D eigenvalue weighted by atomic mass is 16.1. The topological polar surface area (TPSA) is 63.9 Å². The Bertz CT molecular complexity index is 609. The third-order valence-electron chi connectivity index (χ3n) is 3.93. The summed E-state index contributed by atoms with van der Waals surface area (Å²) in [6, 6.07) is 4.25. The Morgan fingerprint density at radius 2 is 2.29 bits per heavy atom. The summed E-state index contributed by atoms with van der Waals surface area (Å²) in [7, 11) is 1.87. The molecule has 0 atom stereocenters. The second-order valence-corrected chi connectivity index (χ2v) is 5.49. The molecule has 112 valence electrons. The molecule has 0 aromatic carbocycles. The van der Waals surface area contributed by atoms with Crippen molar-refractivity contribution in [2.45, 2.75) is 25.4 Å². The number of hydrogen-bond donors (Lipinski definition) is 2. The number of hydrogen-bond acceptors (Lipinski definition) is 3. The molecular weight excluding hydrogens is 266 g/mol. The summed E-state index contributed by atoms with van der Waals surface area (Å²) in [5.41, 5.74) is 1.75. The van der Waals surface area contributed by atoms with Crippen LogP contribution < -0.4 is 10.6 Å². The van der Waals surface area contributed by atoms with Gasteiger partial charge < -0.3 is 15.2 Å². The van der Waals surface area contributed by atoms with E-state index in [0.29, 0.717) is 12.6 Å². The lowest BCUT2D eigenvalue weighted by atomic mass is 10.1. The number of carbonyl (C=O) groups is 1. The molecule has 0 aliphatic carbocycles. The van der Waals surface area contributed by atoms with E-state index >= 15 is 0 Å². The average Bonchev–Trinajstić information content (AvgIpc) is 3.14. The molecule has 21 heavy (non-hydrogen) atoms. The SMILES string of the molecule is Cn1cc(CNC(=O)c2cccn2C2CCNCC2)cn1. The summed E-state index contributed by atoms with van der Waals surface area (Å²) in [6.07, 6.45) is 7.82. The fourth-order valence-electron chi connectivity index (χ4n) is 2.83. The quantitative estimate of drug-likeness (QED) is 0.884. The molecule has 6 nitrogen and oxygen atoms in total. The summed E-state index contributed by atoms with van der Waals surface area (Å²) >= 11 is 0. The Kier molecular flexibility index (Phi) is 4.06. The molecule has 2 N–H and O–H groups in total. The van der Waals surface area contributed by atoms with Gasteiger partial charge in [-0.15, -0.1) is 0 Å². The van der Waals surface area contributed by atoms with Crippen LogP contribution in [0.3, 0.4) is 0 Å². The molecule has 0 bridgehead atoms. The van der Waals surface area contributed by atoms with Crippen LogP contribution in [-0.2, 0) is 13.6 Å². The molecule has 3 rings (SSSR count). The van der Waals surface area contributed by atoms with Crippen molar-refractivity contribution >= 4 is 5.91 Å². The fraction of sp³-hybridized carbons (Fsp3) is 0.467. The molecule has 2 aromatic rings. The van der Waals surface area contributed by atoms with E-state index in [1.807, 2.05) is 31.6 Å². The minimum absolute atomic E-state index is 0.0256. The largest absolute Gasteiger partial charge is 0.347 e. The molecule has 0 radical (unpaired) electrons. The second-order valence-electron chi connectivity index (χ2n) is 5.49. The van der Waals surface area contributed by atoms with E-state index in [1.165, 1.54) is 0 Å². The van der Waals surface area contributed by atoms with E-state index in [-0.39, 0.29) is 5.91 Å². The van der Waals surface area contributed by atoms with Gasteiger partial charge in [0.05, 0.1) is 6.20 Å². The summed E-state index contributed by atoms with van der Waals surface area (Å²) in [4.78, 5) is 12.4. The van der Waals surface area contributed by atoms with Gasteiger partial charge in [0.25, 0.3) is 5.91 Å². The molecule has 1 aliphatic heterocycles. The van der Waals surface area contributed by atoms with E-state index < -0.39 is 0 Å².